The third kappa shape index (κ3) is 5.23. The van der Waals surface area contributed by atoms with E-state index in [1.165, 1.54) is 0 Å². The number of nitrogens with one attached hydrogen (secondary N) is 1. The summed E-state index contributed by atoms with van der Waals surface area (Å²) in [6, 6.07) is 12.4. The van der Waals surface area contributed by atoms with Crippen molar-refractivity contribution in [3.8, 4) is 0 Å². The first kappa shape index (κ1) is 19.8. The number of hydrogen-bond acceptors (Lipinski definition) is 4. The van der Waals surface area contributed by atoms with Crippen molar-refractivity contribution in [1.29, 1.82) is 0 Å². The summed E-state index contributed by atoms with van der Waals surface area (Å²) in [5.74, 6) is -0.981. The van der Waals surface area contributed by atoms with Crippen molar-refractivity contribution >= 4 is 34.9 Å². The normalized spacial score (nSPS) is 10.3. The van der Waals surface area contributed by atoms with Crippen molar-refractivity contribution in [2.45, 2.75) is 20.8 Å². The molecule has 0 bridgehead atoms. The predicted molar refractivity (Wildman–Crippen MR) is 105 cm³/mol. The maximum atomic E-state index is 12.1. The van der Waals surface area contributed by atoms with Crippen LogP contribution in [0.2, 0.25) is 5.02 Å². The smallest absolute Gasteiger partial charge is 0.338 e. The van der Waals surface area contributed by atoms with Gasteiger partial charge in [0.25, 0.3) is 5.91 Å². The SMILES string of the molecule is CCN(CC)c1ccc(C(=O)OCC(=O)Nc2ccc(C)cc2Cl)cc1. The van der Waals surface area contributed by atoms with E-state index in [1.807, 2.05) is 25.1 Å². The Kier molecular flexibility index (Phi) is 7.04. The fourth-order valence-corrected chi connectivity index (χ4v) is 2.80. The molecule has 6 heteroatoms. The molecule has 0 fully saturated rings. The summed E-state index contributed by atoms with van der Waals surface area (Å²) < 4.78 is 5.07. The summed E-state index contributed by atoms with van der Waals surface area (Å²) >= 11 is 6.07. The quantitative estimate of drug-likeness (QED) is 0.734. The third-order valence-corrected chi connectivity index (χ3v) is 4.28. The van der Waals surface area contributed by atoms with Crippen LogP contribution < -0.4 is 10.2 Å². The minimum Gasteiger partial charge on any atom is -0.452 e. The highest BCUT2D eigenvalue weighted by Crippen LogP contribution is 2.22. The van der Waals surface area contributed by atoms with Crippen LogP contribution in [0.1, 0.15) is 29.8 Å². The first-order valence-electron chi connectivity index (χ1n) is 8.52. The van der Waals surface area contributed by atoms with Crippen LogP contribution in [-0.2, 0) is 9.53 Å². The summed E-state index contributed by atoms with van der Waals surface area (Å²) in [4.78, 5) is 26.2. The molecule has 0 aliphatic rings. The van der Waals surface area contributed by atoms with Crippen LogP contribution in [0.25, 0.3) is 0 Å². The zero-order valence-electron chi connectivity index (χ0n) is 15.2. The molecule has 0 saturated heterocycles. The average Bonchev–Trinajstić information content (AvgIpc) is 2.63. The van der Waals surface area contributed by atoms with Crippen molar-refractivity contribution in [1.82, 2.24) is 0 Å². The van der Waals surface area contributed by atoms with Gasteiger partial charge >= 0.3 is 5.97 Å². The number of carbonyl (C=O) groups excluding carboxylic acids is 2. The first-order chi connectivity index (χ1) is 12.4. The molecule has 2 aromatic rings. The number of anilines is 2. The summed E-state index contributed by atoms with van der Waals surface area (Å²) in [6.45, 7) is 7.46. The Morgan fingerprint density at radius 2 is 1.73 bits per heavy atom. The van der Waals surface area contributed by atoms with Gasteiger partial charge in [-0.1, -0.05) is 17.7 Å². The minimum absolute atomic E-state index is 0.374. The molecule has 0 radical (unpaired) electrons. The zero-order chi connectivity index (χ0) is 19.1. The molecular weight excluding hydrogens is 352 g/mol. The Bertz CT molecular complexity index is 771. The Morgan fingerprint density at radius 3 is 2.31 bits per heavy atom. The molecular formula is C20H23ClN2O3. The van der Waals surface area contributed by atoms with E-state index in [0.29, 0.717) is 16.3 Å². The monoisotopic (exact) mass is 374 g/mol. The molecule has 5 nitrogen and oxygen atoms in total. The van der Waals surface area contributed by atoms with Gasteiger partial charge in [-0.3, -0.25) is 4.79 Å². The van der Waals surface area contributed by atoms with Crippen LogP contribution in [0.3, 0.4) is 0 Å². The van der Waals surface area contributed by atoms with Gasteiger partial charge in [0.1, 0.15) is 0 Å². The third-order valence-electron chi connectivity index (χ3n) is 3.96. The van der Waals surface area contributed by atoms with Gasteiger partial charge in [-0.05, 0) is 62.7 Å². The summed E-state index contributed by atoms with van der Waals surface area (Å²) in [5.41, 5.74) is 2.93. The molecule has 0 spiro atoms. The second-order valence-corrected chi connectivity index (χ2v) is 6.23. The number of esters is 1. The molecule has 2 aromatic carbocycles. The van der Waals surface area contributed by atoms with Gasteiger partial charge < -0.3 is 15.0 Å². The van der Waals surface area contributed by atoms with Crippen LogP contribution in [0.5, 0.6) is 0 Å². The van der Waals surface area contributed by atoms with Gasteiger partial charge in [-0.25, -0.2) is 4.79 Å². The van der Waals surface area contributed by atoms with E-state index in [2.05, 4.69) is 24.1 Å². The molecule has 0 aliphatic carbocycles. The fourth-order valence-electron chi connectivity index (χ4n) is 2.52. The van der Waals surface area contributed by atoms with Gasteiger partial charge in [-0.2, -0.15) is 0 Å². The number of amides is 1. The Labute approximate surface area is 158 Å². The molecule has 1 N–H and O–H groups in total. The average molecular weight is 375 g/mol. The maximum absolute atomic E-state index is 12.1. The predicted octanol–water partition coefficient (Wildman–Crippen LogP) is 4.29. The van der Waals surface area contributed by atoms with E-state index in [1.54, 1.807) is 24.3 Å². The first-order valence-corrected chi connectivity index (χ1v) is 8.90. The van der Waals surface area contributed by atoms with Crippen LogP contribution in [0.15, 0.2) is 42.5 Å². The number of aryl methyl sites for hydroxylation is 1. The summed E-state index contributed by atoms with van der Waals surface area (Å²) in [5, 5.41) is 3.07. The van der Waals surface area contributed by atoms with Crippen LogP contribution in [0.4, 0.5) is 11.4 Å². The van der Waals surface area contributed by atoms with Crippen molar-refractivity contribution in [3.05, 3.63) is 58.6 Å². The van der Waals surface area contributed by atoms with E-state index in [0.717, 1.165) is 24.3 Å². The molecule has 26 heavy (non-hydrogen) atoms. The molecule has 0 saturated carbocycles. The molecule has 0 aromatic heterocycles. The second-order valence-electron chi connectivity index (χ2n) is 5.83. The van der Waals surface area contributed by atoms with Gasteiger partial charge in [0.2, 0.25) is 0 Å². The number of nitrogens with zero attached hydrogens (tertiary/aromatic N) is 1. The van der Waals surface area contributed by atoms with Crippen LogP contribution in [0, 0.1) is 6.92 Å². The van der Waals surface area contributed by atoms with E-state index in [9.17, 15) is 9.59 Å². The largest absolute Gasteiger partial charge is 0.452 e. The molecule has 0 heterocycles. The van der Waals surface area contributed by atoms with Gasteiger partial charge in [-0.15, -0.1) is 0 Å². The van der Waals surface area contributed by atoms with Crippen molar-refractivity contribution in [3.63, 3.8) is 0 Å². The lowest BCUT2D eigenvalue weighted by molar-refractivity contribution is -0.119. The molecule has 138 valence electrons. The highest BCUT2D eigenvalue weighted by molar-refractivity contribution is 6.33. The number of halogens is 1. The van der Waals surface area contributed by atoms with Crippen LogP contribution >= 0.6 is 11.6 Å². The lowest BCUT2D eigenvalue weighted by atomic mass is 10.2. The topological polar surface area (TPSA) is 58.6 Å². The van der Waals surface area contributed by atoms with Crippen molar-refractivity contribution in [2.24, 2.45) is 0 Å². The van der Waals surface area contributed by atoms with Gasteiger partial charge in [0.05, 0.1) is 16.3 Å². The second kappa shape index (κ2) is 9.25. The highest BCUT2D eigenvalue weighted by atomic mass is 35.5. The maximum Gasteiger partial charge on any atom is 0.338 e. The lowest BCUT2D eigenvalue weighted by Gasteiger charge is -2.20. The number of carbonyl (C=O) groups is 2. The highest BCUT2D eigenvalue weighted by Gasteiger charge is 2.12. The van der Waals surface area contributed by atoms with E-state index in [4.69, 9.17) is 16.3 Å². The number of rotatable bonds is 7. The van der Waals surface area contributed by atoms with E-state index in [-0.39, 0.29) is 6.61 Å². The Hall–Kier alpha value is -2.53. The van der Waals surface area contributed by atoms with Crippen molar-refractivity contribution < 1.29 is 14.3 Å². The summed E-state index contributed by atoms with van der Waals surface area (Å²) in [7, 11) is 0. The molecule has 2 rings (SSSR count). The van der Waals surface area contributed by atoms with Crippen LogP contribution in [-0.4, -0.2) is 31.6 Å². The molecule has 1 amide bonds. The number of benzene rings is 2. The zero-order valence-corrected chi connectivity index (χ0v) is 16.0. The molecule has 0 aliphatic heterocycles. The van der Waals surface area contributed by atoms with Gasteiger partial charge in [0.15, 0.2) is 6.61 Å². The Morgan fingerprint density at radius 1 is 1.08 bits per heavy atom. The van der Waals surface area contributed by atoms with E-state index < -0.39 is 11.9 Å². The minimum atomic E-state index is -0.541. The standard InChI is InChI=1S/C20H23ClN2O3/c1-4-23(5-2)16-9-7-15(8-10-16)20(25)26-13-19(24)22-18-11-6-14(3)12-17(18)21/h6-12H,4-5,13H2,1-3H3,(H,22,24). The molecule has 0 atom stereocenters. The van der Waals surface area contributed by atoms with Crippen molar-refractivity contribution in [2.75, 3.05) is 29.9 Å². The summed E-state index contributed by atoms with van der Waals surface area (Å²) in [6.07, 6.45) is 0. The number of ether oxygens (including phenoxy) is 1. The number of hydrogen-bond donors (Lipinski definition) is 1. The van der Waals surface area contributed by atoms with E-state index >= 15 is 0 Å². The Balaban J connectivity index is 1.90. The van der Waals surface area contributed by atoms with Gasteiger partial charge in [0, 0.05) is 18.8 Å². The lowest BCUT2D eigenvalue weighted by Crippen LogP contribution is -2.22. The fraction of sp³-hybridized carbons (Fsp3) is 0.300. The molecule has 0 unspecified atom stereocenters.